The Morgan fingerprint density at radius 3 is 2.58 bits per heavy atom. The van der Waals surface area contributed by atoms with Gasteiger partial charge in [-0.25, -0.2) is 15.0 Å². The molecule has 2 rings (SSSR count). The SMILES string of the molecule is CCNc1nc(C)nc(Sc2nc(CC)ns2)c1C. The average Bonchev–Trinajstić information content (AvgIpc) is 2.83. The van der Waals surface area contributed by atoms with Crippen molar-refractivity contribution in [3.63, 3.8) is 0 Å². The first-order valence-electron chi connectivity index (χ1n) is 6.23. The van der Waals surface area contributed by atoms with Crippen LogP contribution in [-0.4, -0.2) is 25.9 Å². The van der Waals surface area contributed by atoms with Crippen LogP contribution in [0.4, 0.5) is 5.82 Å². The molecular formula is C12H17N5S2. The Kier molecular flexibility index (Phi) is 4.71. The minimum absolute atomic E-state index is 0.768. The van der Waals surface area contributed by atoms with Gasteiger partial charge in [0.15, 0.2) is 4.34 Å². The molecule has 2 aromatic heterocycles. The van der Waals surface area contributed by atoms with Crippen molar-refractivity contribution in [3.8, 4) is 0 Å². The molecule has 0 bridgehead atoms. The zero-order chi connectivity index (χ0) is 13.8. The van der Waals surface area contributed by atoms with E-state index in [1.165, 1.54) is 11.5 Å². The topological polar surface area (TPSA) is 63.6 Å². The highest BCUT2D eigenvalue weighted by molar-refractivity contribution is 8.00. The van der Waals surface area contributed by atoms with Crippen molar-refractivity contribution in [2.75, 3.05) is 11.9 Å². The van der Waals surface area contributed by atoms with Crippen LogP contribution in [-0.2, 0) is 6.42 Å². The summed E-state index contributed by atoms with van der Waals surface area (Å²) in [5.74, 6) is 2.56. The molecule has 0 unspecified atom stereocenters. The maximum absolute atomic E-state index is 4.50. The third-order valence-electron chi connectivity index (χ3n) is 2.51. The molecule has 0 atom stereocenters. The second-order valence-corrected chi connectivity index (χ2v) is 6.00. The Morgan fingerprint density at radius 2 is 1.95 bits per heavy atom. The minimum Gasteiger partial charge on any atom is -0.370 e. The van der Waals surface area contributed by atoms with Crippen molar-refractivity contribution in [2.45, 2.75) is 43.5 Å². The quantitative estimate of drug-likeness (QED) is 0.855. The molecule has 0 saturated carbocycles. The van der Waals surface area contributed by atoms with Gasteiger partial charge in [0.25, 0.3) is 0 Å². The number of rotatable bonds is 5. The van der Waals surface area contributed by atoms with Gasteiger partial charge >= 0.3 is 0 Å². The lowest BCUT2D eigenvalue weighted by molar-refractivity contribution is 0.928. The molecule has 0 aromatic carbocycles. The number of hydrogen-bond donors (Lipinski definition) is 1. The number of aryl methyl sites for hydroxylation is 2. The summed E-state index contributed by atoms with van der Waals surface area (Å²) < 4.78 is 5.22. The molecule has 0 aliphatic carbocycles. The number of anilines is 1. The van der Waals surface area contributed by atoms with E-state index in [1.54, 1.807) is 11.8 Å². The van der Waals surface area contributed by atoms with Gasteiger partial charge in [-0.3, -0.25) is 0 Å². The first-order chi connectivity index (χ1) is 9.13. The lowest BCUT2D eigenvalue weighted by Gasteiger charge is -2.10. The van der Waals surface area contributed by atoms with E-state index in [2.05, 4.69) is 38.5 Å². The molecule has 19 heavy (non-hydrogen) atoms. The molecule has 1 N–H and O–H groups in total. The maximum atomic E-state index is 4.50. The highest BCUT2D eigenvalue weighted by Gasteiger charge is 2.12. The number of nitrogens with one attached hydrogen (secondary N) is 1. The Hall–Kier alpha value is -1.21. The lowest BCUT2D eigenvalue weighted by Crippen LogP contribution is -2.05. The number of nitrogens with zero attached hydrogens (tertiary/aromatic N) is 4. The molecule has 0 amide bonds. The predicted molar refractivity (Wildman–Crippen MR) is 79.1 cm³/mol. The summed E-state index contributed by atoms with van der Waals surface area (Å²) in [4.78, 5) is 13.4. The van der Waals surface area contributed by atoms with Crippen molar-refractivity contribution in [2.24, 2.45) is 0 Å². The molecule has 0 radical (unpaired) electrons. The van der Waals surface area contributed by atoms with E-state index in [-0.39, 0.29) is 0 Å². The zero-order valence-corrected chi connectivity index (χ0v) is 13.2. The van der Waals surface area contributed by atoms with Gasteiger partial charge in [-0.15, -0.1) is 0 Å². The fraction of sp³-hybridized carbons (Fsp3) is 0.500. The highest BCUT2D eigenvalue weighted by atomic mass is 32.2. The first-order valence-corrected chi connectivity index (χ1v) is 7.82. The fourth-order valence-electron chi connectivity index (χ4n) is 1.55. The summed E-state index contributed by atoms with van der Waals surface area (Å²) in [6, 6.07) is 0. The van der Waals surface area contributed by atoms with Gasteiger partial charge in [0.2, 0.25) is 0 Å². The van der Waals surface area contributed by atoms with Crippen molar-refractivity contribution < 1.29 is 0 Å². The summed E-state index contributed by atoms with van der Waals surface area (Å²) in [7, 11) is 0. The third kappa shape index (κ3) is 3.42. The van der Waals surface area contributed by atoms with Crippen LogP contribution < -0.4 is 5.32 Å². The molecule has 0 aliphatic rings. The molecule has 5 nitrogen and oxygen atoms in total. The Bertz CT molecular complexity index is 567. The molecule has 0 aliphatic heterocycles. The van der Waals surface area contributed by atoms with Crippen LogP contribution in [0, 0.1) is 13.8 Å². The van der Waals surface area contributed by atoms with E-state index in [0.29, 0.717) is 0 Å². The van der Waals surface area contributed by atoms with Gasteiger partial charge in [0, 0.05) is 18.5 Å². The Labute approximate surface area is 121 Å². The van der Waals surface area contributed by atoms with Gasteiger partial charge < -0.3 is 5.32 Å². The molecule has 0 spiro atoms. The van der Waals surface area contributed by atoms with Gasteiger partial charge in [-0.1, -0.05) is 6.92 Å². The maximum Gasteiger partial charge on any atom is 0.176 e. The Morgan fingerprint density at radius 1 is 1.16 bits per heavy atom. The second kappa shape index (κ2) is 6.29. The molecule has 102 valence electrons. The molecule has 2 aromatic rings. The van der Waals surface area contributed by atoms with Crippen molar-refractivity contribution in [1.82, 2.24) is 19.3 Å². The summed E-state index contributed by atoms with van der Waals surface area (Å²) in [5.41, 5.74) is 1.06. The summed E-state index contributed by atoms with van der Waals surface area (Å²) in [6.45, 7) is 8.89. The normalized spacial score (nSPS) is 10.7. The summed E-state index contributed by atoms with van der Waals surface area (Å²) in [6.07, 6.45) is 0.863. The van der Waals surface area contributed by atoms with Gasteiger partial charge in [-0.2, -0.15) is 4.37 Å². The lowest BCUT2D eigenvalue weighted by atomic mass is 10.3. The van der Waals surface area contributed by atoms with E-state index < -0.39 is 0 Å². The van der Waals surface area contributed by atoms with Crippen molar-refractivity contribution in [1.29, 1.82) is 0 Å². The molecule has 0 fully saturated rings. The standard InChI is InChI=1S/C12H17N5S2/c1-5-9-16-12(19-17-9)18-11-7(3)10(13-6-2)14-8(4)15-11/h5-6H2,1-4H3,(H,13,14,15). The fourth-order valence-corrected chi connectivity index (χ4v) is 3.29. The van der Waals surface area contributed by atoms with Crippen molar-refractivity contribution in [3.05, 3.63) is 17.2 Å². The second-order valence-electron chi connectivity index (χ2n) is 4.01. The third-order valence-corrected chi connectivity index (χ3v) is 4.39. The molecule has 0 saturated heterocycles. The van der Waals surface area contributed by atoms with E-state index in [9.17, 15) is 0 Å². The van der Waals surface area contributed by atoms with E-state index in [1.807, 2.05) is 13.8 Å². The first kappa shape index (κ1) is 14.2. The summed E-state index contributed by atoms with van der Waals surface area (Å²) in [5, 5.41) is 4.21. The minimum atomic E-state index is 0.768. The smallest absolute Gasteiger partial charge is 0.176 e. The van der Waals surface area contributed by atoms with E-state index in [0.717, 1.165) is 45.4 Å². The number of aromatic nitrogens is 4. The van der Waals surface area contributed by atoms with Crippen LogP contribution in [0.15, 0.2) is 9.37 Å². The average molecular weight is 295 g/mol. The van der Waals surface area contributed by atoms with Gasteiger partial charge in [0.1, 0.15) is 22.5 Å². The predicted octanol–water partition coefficient (Wildman–Crippen LogP) is 3.09. The van der Waals surface area contributed by atoms with Crippen LogP contribution in [0.5, 0.6) is 0 Å². The Balaban J connectivity index is 2.28. The molecular weight excluding hydrogens is 278 g/mol. The van der Waals surface area contributed by atoms with Crippen molar-refractivity contribution >= 4 is 29.1 Å². The van der Waals surface area contributed by atoms with E-state index in [4.69, 9.17) is 0 Å². The molecule has 2 heterocycles. The van der Waals surface area contributed by atoms with E-state index >= 15 is 0 Å². The molecule has 7 heteroatoms. The highest BCUT2D eigenvalue weighted by Crippen LogP contribution is 2.32. The van der Waals surface area contributed by atoms with Crippen LogP contribution in [0.3, 0.4) is 0 Å². The zero-order valence-electron chi connectivity index (χ0n) is 11.5. The van der Waals surface area contributed by atoms with Crippen LogP contribution in [0.2, 0.25) is 0 Å². The summed E-state index contributed by atoms with van der Waals surface area (Å²) >= 11 is 2.98. The van der Waals surface area contributed by atoms with Gasteiger partial charge in [-0.05, 0) is 44.1 Å². The monoisotopic (exact) mass is 295 g/mol. The van der Waals surface area contributed by atoms with Crippen LogP contribution in [0.25, 0.3) is 0 Å². The van der Waals surface area contributed by atoms with Gasteiger partial charge in [0.05, 0.1) is 0 Å². The van der Waals surface area contributed by atoms with Crippen LogP contribution in [0.1, 0.15) is 31.1 Å². The number of hydrogen-bond acceptors (Lipinski definition) is 7. The largest absolute Gasteiger partial charge is 0.370 e. The van der Waals surface area contributed by atoms with Crippen LogP contribution >= 0.6 is 23.3 Å².